The van der Waals surface area contributed by atoms with Crippen LogP contribution in [0.1, 0.15) is 35.0 Å². The second kappa shape index (κ2) is 5.19. The first-order chi connectivity index (χ1) is 9.06. The molecule has 0 atom stereocenters. The van der Waals surface area contributed by atoms with Crippen molar-refractivity contribution in [3.05, 3.63) is 35.0 Å². The molecule has 0 spiro atoms. The minimum atomic E-state index is -0.886. The standard InChI is InChI=1S/C16H17NO2/c1-4-5-6-9-17-12(3)11(2)14-10-13(16(18)19)7-8-15(14)17/h7-8,10H,6,9H2,1-3H3,(H,18,19). The number of nitrogens with zero attached hydrogens (tertiary/aromatic N) is 1. The number of aromatic nitrogens is 1. The van der Waals surface area contributed by atoms with E-state index < -0.39 is 5.97 Å². The van der Waals surface area contributed by atoms with E-state index in [1.807, 2.05) is 19.9 Å². The van der Waals surface area contributed by atoms with Gasteiger partial charge < -0.3 is 9.67 Å². The molecule has 0 bridgehead atoms. The second-order valence-corrected chi connectivity index (χ2v) is 4.58. The van der Waals surface area contributed by atoms with Gasteiger partial charge in [-0.1, -0.05) is 0 Å². The third-order valence-corrected chi connectivity index (χ3v) is 3.52. The number of benzene rings is 1. The van der Waals surface area contributed by atoms with Crippen LogP contribution in [-0.4, -0.2) is 15.6 Å². The zero-order valence-corrected chi connectivity index (χ0v) is 11.4. The molecule has 0 aliphatic rings. The summed E-state index contributed by atoms with van der Waals surface area (Å²) >= 11 is 0. The molecule has 3 nitrogen and oxygen atoms in total. The molecule has 0 saturated heterocycles. The molecule has 1 N–H and O–H groups in total. The maximum Gasteiger partial charge on any atom is 0.335 e. The van der Waals surface area contributed by atoms with Crippen LogP contribution in [0.2, 0.25) is 0 Å². The fourth-order valence-electron chi connectivity index (χ4n) is 2.36. The van der Waals surface area contributed by atoms with Gasteiger partial charge in [0, 0.05) is 29.6 Å². The van der Waals surface area contributed by atoms with Crippen molar-refractivity contribution in [1.82, 2.24) is 4.57 Å². The number of carboxylic acid groups (broad SMARTS) is 1. The van der Waals surface area contributed by atoms with Gasteiger partial charge in [0.25, 0.3) is 0 Å². The molecular weight excluding hydrogens is 238 g/mol. The van der Waals surface area contributed by atoms with E-state index in [4.69, 9.17) is 5.11 Å². The van der Waals surface area contributed by atoms with Crippen LogP contribution in [0.4, 0.5) is 0 Å². The molecule has 0 fully saturated rings. The first-order valence-electron chi connectivity index (χ1n) is 6.28. The van der Waals surface area contributed by atoms with Crippen molar-refractivity contribution in [2.75, 3.05) is 0 Å². The van der Waals surface area contributed by atoms with Gasteiger partial charge in [0.05, 0.1) is 5.56 Å². The maximum absolute atomic E-state index is 11.0. The van der Waals surface area contributed by atoms with E-state index in [2.05, 4.69) is 23.3 Å². The lowest BCUT2D eigenvalue weighted by Gasteiger charge is -2.05. The quantitative estimate of drug-likeness (QED) is 0.854. The number of rotatable bonds is 3. The SMILES string of the molecule is CC#CCCn1c(C)c(C)c2cc(C(=O)O)ccc21. The summed E-state index contributed by atoms with van der Waals surface area (Å²) in [6.45, 7) is 6.77. The fraction of sp³-hybridized carbons (Fsp3) is 0.312. The van der Waals surface area contributed by atoms with Gasteiger partial charge in [-0.25, -0.2) is 4.79 Å². The summed E-state index contributed by atoms with van der Waals surface area (Å²) in [6, 6.07) is 5.30. The highest BCUT2D eigenvalue weighted by Crippen LogP contribution is 2.26. The largest absolute Gasteiger partial charge is 0.478 e. The third kappa shape index (κ3) is 2.34. The van der Waals surface area contributed by atoms with Gasteiger partial charge in [0.15, 0.2) is 0 Å². The molecule has 1 heterocycles. The topological polar surface area (TPSA) is 42.2 Å². The zero-order chi connectivity index (χ0) is 14.0. The van der Waals surface area contributed by atoms with E-state index in [1.165, 1.54) is 5.69 Å². The van der Waals surface area contributed by atoms with Gasteiger partial charge in [-0.2, -0.15) is 0 Å². The lowest BCUT2D eigenvalue weighted by Crippen LogP contribution is -2.00. The predicted octanol–water partition coefficient (Wildman–Crippen LogP) is 3.37. The molecule has 0 saturated carbocycles. The van der Waals surface area contributed by atoms with Crippen molar-refractivity contribution in [3.63, 3.8) is 0 Å². The molecule has 98 valence electrons. The predicted molar refractivity (Wildman–Crippen MR) is 76.4 cm³/mol. The second-order valence-electron chi connectivity index (χ2n) is 4.58. The van der Waals surface area contributed by atoms with Crippen LogP contribution in [0, 0.1) is 25.7 Å². The van der Waals surface area contributed by atoms with Crippen LogP contribution in [0.25, 0.3) is 10.9 Å². The third-order valence-electron chi connectivity index (χ3n) is 3.52. The minimum Gasteiger partial charge on any atom is -0.478 e. The number of hydrogen-bond donors (Lipinski definition) is 1. The summed E-state index contributed by atoms with van der Waals surface area (Å²) in [5.41, 5.74) is 3.73. The van der Waals surface area contributed by atoms with Crippen molar-refractivity contribution in [1.29, 1.82) is 0 Å². The Labute approximate surface area is 112 Å². The first-order valence-corrected chi connectivity index (χ1v) is 6.28. The summed E-state index contributed by atoms with van der Waals surface area (Å²) in [6.07, 6.45) is 0.807. The Kier molecular flexibility index (Phi) is 3.62. The monoisotopic (exact) mass is 255 g/mol. The Morgan fingerprint density at radius 1 is 1.37 bits per heavy atom. The molecule has 19 heavy (non-hydrogen) atoms. The van der Waals surface area contributed by atoms with Gasteiger partial charge in [-0.05, 0) is 44.5 Å². The molecule has 0 aliphatic heterocycles. The summed E-state index contributed by atoms with van der Waals surface area (Å²) in [4.78, 5) is 11.0. The van der Waals surface area contributed by atoms with E-state index >= 15 is 0 Å². The highest BCUT2D eigenvalue weighted by molar-refractivity contribution is 5.95. The minimum absolute atomic E-state index is 0.334. The Morgan fingerprint density at radius 3 is 2.74 bits per heavy atom. The summed E-state index contributed by atoms with van der Waals surface area (Å²) in [5, 5.41) is 10.1. The molecule has 0 radical (unpaired) electrons. The molecule has 3 heteroatoms. The van der Waals surface area contributed by atoms with Crippen LogP contribution in [0.3, 0.4) is 0 Å². The average Bonchev–Trinajstić information content (AvgIpc) is 2.63. The van der Waals surface area contributed by atoms with E-state index in [0.717, 1.165) is 29.4 Å². The molecule has 0 unspecified atom stereocenters. The highest BCUT2D eigenvalue weighted by atomic mass is 16.4. The van der Waals surface area contributed by atoms with E-state index in [1.54, 1.807) is 12.1 Å². The number of carboxylic acids is 1. The van der Waals surface area contributed by atoms with Gasteiger partial charge in [-0.3, -0.25) is 0 Å². The molecular formula is C16H17NO2. The van der Waals surface area contributed by atoms with Crippen molar-refractivity contribution < 1.29 is 9.90 Å². The smallest absolute Gasteiger partial charge is 0.335 e. The Morgan fingerprint density at radius 2 is 2.11 bits per heavy atom. The average molecular weight is 255 g/mol. The molecule has 1 aromatic heterocycles. The zero-order valence-electron chi connectivity index (χ0n) is 11.4. The van der Waals surface area contributed by atoms with Crippen molar-refractivity contribution >= 4 is 16.9 Å². The van der Waals surface area contributed by atoms with Gasteiger partial charge >= 0.3 is 5.97 Å². The molecule has 2 aromatic rings. The van der Waals surface area contributed by atoms with Crippen LogP contribution in [-0.2, 0) is 6.54 Å². The van der Waals surface area contributed by atoms with Gasteiger partial charge in [-0.15, -0.1) is 11.8 Å². The number of carbonyl (C=O) groups is 1. The summed E-state index contributed by atoms with van der Waals surface area (Å²) < 4.78 is 2.21. The van der Waals surface area contributed by atoms with Crippen molar-refractivity contribution in [3.8, 4) is 11.8 Å². The van der Waals surface area contributed by atoms with Crippen LogP contribution in [0.15, 0.2) is 18.2 Å². The Hall–Kier alpha value is -2.21. The molecule has 0 amide bonds. The van der Waals surface area contributed by atoms with Gasteiger partial charge in [0.2, 0.25) is 0 Å². The fourth-order valence-corrected chi connectivity index (χ4v) is 2.36. The number of fused-ring (bicyclic) bond motifs is 1. The maximum atomic E-state index is 11.0. The van der Waals surface area contributed by atoms with Crippen molar-refractivity contribution in [2.24, 2.45) is 0 Å². The summed E-state index contributed by atoms with van der Waals surface area (Å²) in [5.74, 6) is 5.07. The van der Waals surface area contributed by atoms with Crippen LogP contribution in [0.5, 0.6) is 0 Å². The Bertz CT molecular complexity index is 699. The number of aromatic carboxylic acids is 1. The molecule has 2 rings (SSSR count). The molecule has 1 aromatic carbocycles. The Balaban J connectivity index is 2.55. The highest BCUT2D eigenvalue weighted by Gasteiger charge is 2.12. The van der Waals surface area contributed by atoms with Crippen LogP contribution >= 0.6 is 0 Å². The summed E-state index contributed by atoms with van der Waals surface area (Å²) in [7, 11) is 0. The number of hydrogen-bond acceptors (Lipinski definition) is 1. The first kappa shape index (κ1) is 13.2. The normalized spacial score (nSPS) is 10.3. The van der Waals surface area contributed by atoms with E-state index in [9.17, 15) is 4.79 Å². The number of aryl methyl sites for hydroxylation is 2. The van der Waals surface area contributed by atoms with E-state index in [0.29, 0.717) is 5.56 Å². The van der Waals surface area contributed by atoms with Crippen LogP contribution < -0.4 is 0 Å². The lowest BCUT2D eigenvalue weighted by molar-refractivity contribution is 0.0697. The van der Waals surface area contributed by atoms with E-state index in [-0.39, 0.29) is 0 Å². The van der Waals surface area contributed by atoms with Crippen molar-refractivity contribution in [2.45, 2.75) is 33.7 Å². The molecule has 0 aliphatic carbocycles. The lowest BCUT2D eigenvalue weighted by atomic mass is 10.1. The van der Waals surface area contributed by atoms with Gasteiger partial charge in [0.1, 0.15) is 0 Å².